The molecular formula is C21H26FN3O2. The lowest BCUT2D eigenvalue weighted by Gasteiger charge is -2.21. The second-order valence-electron chi connectivity index (χ2n) is 7.88. The number of aromatic nitrogens is 2. The SMILES string of the molecule is CC(C)[C@@H](CC(=O)c1cc(=O)[nH]c(N(C)C)n1)c1ccc(C2CC2)c(F)c1. The van der Waals surface area contributed by atoms with E-state index in [0.717, 1.165) is 24.0 Å². The van der Waals surface area contributed by atoms with E-state index in [1.807, 2.05) is 26.0 Å². The van der Waals surface area contributed by atoms with Crippen molar-refractivity contribution in [1.29, 1.82) is 0 Å². The first-order valence-electron chi connectivity index (χ1n) is 9.37. The van der Waals surface area contributed by atoms with Crippen LogP contribution in [0.4, 0.5) is 10.3 Å². The third-order valence-electron chi connectivity index (χ3n) is 5.12. The zero-order chi connectivity index (χ0) is 19.7. The zero-order valence-electron chi connectivity index (χ0n) is 16.3. The van der Waals surface area contributed by atoms with Crippen LogP contribution in [0.2, 0.25) is 0 Å². The van der Waals surface area contributed by atoms with Crippen LogP contribution in [-0.4, -0.2) is 29.8 Å². The molecule has 3 rings (SSSR count). The number of aromatic amines is 1. The average molecular weight is 371 g/mol. The Hall–Kier alpha value is -2.50. The predicted octanol–water partition coefficient (Wildman–Crippen LogP) is 3.87. The molecule has 2 aromatic rings. The monoisotopic (exact) mass is 371 g/mol. The molecule has 5 nitrogen and oxygen atoms in total. The van der Waals surface area contributed by atoms with Gasteiger partial charge < -0.3 is 4.90 Å². The highest BCUT2D eigenvalue weighted by Gasteiger charge is 2.28. The van der Waals surface area contributed by atoms with Gasteiger partial charge in [-0.2, -0.15) is 0 Å². The van der Waals surface area contributed by atoms with Crippen molar-refractivity contribution < 1.29 is 9.18 Å². The molecule has 0 unspecified atom stereocenters. The van der Waals surface area contributed by atoms with E-state index in [4.69, 9.17) is 0 Å². The van der Waals surface area contributed by atoms with Crippen molar-refractivity contribution in [2.75, 3.05) is 19.0 Å². The topological polar surface area (TPSA) is 66.1 Å². The molecule has 0 amide bonds. The highest BCUT2D eigenvalue weighted by Crippen LogP contribution is 2.42. The first kappa shape index (κ1) is 19.3. The highest BCUT2D eigenvalue weighted by atomic mass is 19.1. The fourth-order valence-corrected chi connectivity index (χ4v) is 3.34. The molecular weight excluding hydrogens is 345 g/mol. The number of hydrogen-bond donors (Lipinski definition) is 1. The highest BCUT2D eigenvalue weighted by molar-refractivity contribution is 5.95. The number of benzene rings is 1. The number of carbonyl (C=O) groups is 1. The minimum atomic E-state index is -0.363. The van der Waals surface area contributed by atoms with Crippen LogP contribution in [0, 0.1) is 11.7 Å². The van der Waals surface area contributed by atoms with Gasteiger partial charge in [-0.3, -0.25) is 14.6 Å². The first-order valence-corrected chi connectivity index (χ1v) is 9.37. The molecule has 0 saturated heterocycles. The first-order chi connectivity index (χ1) is 12.8. The van der Waals surface area contributed by atoms with Crippen molar-refractivity contribution >= 4 is 11.7 Å². The number of H-pyrrole nitrogens is 1. The number of nitrogens with zero attached hydrogens (tertiary/aromatic N) is 2. The fraction of sp³-hybridized carbons (Fsp3) is 0.476. The Kier molecular flexibility index (Phi) is 5.44. The van der Waals surface area contributed by atoms with E-state index in [1.165, 1.54) is 6.07 Å². The van der Waals surface area contributed by atoms with Gasteiger partial charge in [0, 0.05) is 26.6 Å². The van der Waals surface area contributed by atoms with Crippen LogP contribution in [-0.2, 0) is 0 Å². The second kappa shape index (κ2) is 7.62. The summed E-state index contributed by atoms with van der Waals surface area (Å²) in [4.78, 5) is 33.1. The number of anilines is 1. The number of carbonyl (C=O) groups excluding carboxylic acids is 1. The van der Waals surface area contributed by atoms with Gasteiger partial charge in [-0.25, -0.2) is 9.37 Å². The lowest BCUT2D eigenvalue weighted by molar-refractivity contribution is 0.0961. The molecule has 0 bridgehead atoms. The van der Waals surface area contributed by atoms with E-state index in [0.29, 0.717) is 11.9 Å². The van der Waals surface area contributed by atoms with Crippen molar-refractivity contribution in [3.8, 4) is 0 Å². The van der Waals surface area contributed by atoms with E-state index >= 15 is 0 Å². The fourth-order valence-electron chi connectivity index (χ4n) is 3.34. The van der Waals surface area contributed by atoms with Gasteiger partial charge in [0.2, 0.25) is 5.95 Å². The van der Waals surface area contributed by atoms with Gasteiger partial charge in [-0.15, -0.1) is 0 Å². The van der Waals surface area contributed by atoms with E-state index in [2.05, 4.69) is 9.97 Å². The normalized spacial score (nSPS) is 15.0. The summed E-state index contributed by atoms with van der Waals surface area (Å²) in [5, 5.41) is 0. The van der Waals surface area contributed by atoms with Gasteiger partial charge in [-0.05, 0) is 47.8 Å². The lowest BCUT2D eigenvalue weighted by atomic mass is 9.83. The number of ketones is 1. The zero-order valence-corrected chi connectivity index (χ0v) is 16.3. The van der Waals surface area contributed by atoms with Crippen LogP contribution >= 0.6 is 0 Å². The molecule has 0 aliphatic heterocycles. The number of hydrogen-bond acceptors (Lipinski definition) is 4. The summed E-state index contributed by atoms with van der Waals surface area (Å²) < 4.78 is 14.5. The third-order valence-corrected chi connectivity index (χ3v) is 5.12. The maximum atomic E-state index is 14.5. The van der Waals surface area contributed by atoms with Gasteiger partial charge in [0.05, 0.1) is 0 Å². The number of halogens is 1. The minimum Gasteiger partial charge on any atom is -0.348 e. The van der Waals surface area contributed by atoms with E-state index < -0.39 is 0 Å². The van der Waals surface area contributed by atoms with Crippen LogP contribution in [0.3, 0.4) is 0 Å². The maximum Gasteiger partial charge on any atom is 0.252 e. The van der Waals surface area contributed by atoms with Crippen molar-refractivity contribution in [2.24, 2.45) is 5.92 Å². The van der Waals surface area contributed by atoms with Gasteiger partial charge in [-0.1, -0.05) is 26.0 Å². The summed E-state index contributed by atoms with van der Waals surface area (Å²) in [5.74, 6) is 0.307. The van der Waals surface area contributed by atoms with Crippen molar-refractivity contribution in [3.63, 3.8) is 0 Å². The van der Waals surface area contributed by atoms with Crippen molar-refractivity contribution in [3.05, 3.63) is 57.3 Å². The molecule has 144 valence electrons. The summed E-state index contributed by atoms with van der Waals surface area (Å²) in [6.45, 7) is 4.03. The molecule has 1 atom stereocenters. The van der Waals surface area contributed by atoms with E-state index in [9.17, 15) is 14.0 Å². The minimum absolute atomic E-state index is 0.135. The molecule has 1 aliphatic carbocycles. The molecule has 1 saturated carbocycles. The maximum absolute atomic E-state index is 14.5. The number of nitrogens with one attached hydrogen (secondary N) is 1. The quantitative estimate of drug-likeness (QED) is 0.751. The summed E-state index contributed by atoms with van der Waals surface area (Å²) in [6.07, 6.45) is 2.28. The Balaban J connectivity index is 1.85. The molecule has 27 heavy (non-hydrogen) atoms. The molecule has 0 radical (unpaired) electrons. The molecule has 1 aliphatic rings. The molecule has 1 fully saturated rings. The largest absolute Gasteiger partial charge is 0.348 e. The van der Waals surface area contributed by atoms with Crippen LogP contribution in [0.15, 0.2) is 29.1 Å². The summed E-state index contributed by atoms with van der Waals surface area (Å²) in [7, 11) is 3.49. The Bertz CT molecular complexity index is 901. The van der Waals surface area contributed by atoms with Crippen molar-refractivity contribution in [1.82, 2.24) is 9.97 Å². The van der Waals surface area contributed by atoms with Gasteiger partial charge in [0.1, 0.15) is 11.5 Å². The van der Waals surface area contributed by atoms with E-state index in [-0.39, 0.29) is 41.1 Å². The lowest BCUT2D eigenvalue weighted by Crippen LogP contribution is -2.22. The van der Waals surface area contributed by atoms with Crippen LogP contribution in [0.1, 0.15) is 66.6 Å². The van der Waals surface area contributed by atoms with E-state index in [1.54, 1.807) is 25.1 Å². The predicted molar refractivity (Wildman–Crippen MR) is 104 cm³/mol. The van der Waals surface area contributed by atoms with Gasteiger partial charge >= 0.3 is 0 Å². The number of rotatable bonds is 7. The Labute approximate surface area is 158 Å². The second-order valence-corrected chi connectivity index (χ2v) is 7.88. The summed E-state index contributed by atoms with van der Waals surface area (Å²) in [5.41, 5.74) is 1.37. The van der Waals surface area contributed by atoms with Crippen molar-refractivity contribution in [2.45, 2.75) is 44.9 Å². The Morgan fingerprint density at radius 1 is 1.30 bits per heavy atom. The smallest absolute Gasteiger partial charge is 0.252 e. The summed E-state index contributed by atoms with van der Waals surface area (Å²) >= 11 is 0. The molecule has 1 heterocycles. The molecule has 1 aromatic carbocycles. The molecule has 0 spiro atoms. The Morgan fingerprint density at radius 3 is 2.56 bits per heavy atom. The summed E-state index contributed by atoms with van der Waals surface area (Å²) in [6, 6.07) is 6.59. The average Bonchev–Trinajstić information content (AvgIpc) is 3.43. The standard InChI is InChI=1S/C21H26FN3O2/c1-12(2)16(14-7-8-15(13-5-6-13)17(22)9-14)10-19(26)18-11-20(27)24-21(23-18)25(3)4/h7-9,11-13,16H,5-6,10H2,1-4H3,(H,23,24,27)/t16-/m1/s1. The van der Waals surface area contributed by atoms with Gasteiger partial charge in [0.15, 0.2) is 5.78 Å². The number of Topliss-reactive ketones (excluding diaryl/α,β-unsaturated/α-hetero) is 1. The van der Waals surface area contributed by atoms with Crippen LogP contribution in [0.5, 0.6) is 0 Å². The molecule has 1 aromatic heterocycles. The molecule has 1 N–H and O–H groups in total. The third kappa shape index (κ3) is 4.43. The van der Waals surface area contributed by atoms with Gasteiger partial charge in [0.25, 0.3) is 5.56 Å². The Morgan fingerprint density at radius 2 is 2.00 bits per heavy atom. The van der Waals surface area contributed by atoms with Crippen LogP contribution in [0.25, 0.3) is 0 Å². The van der Waals surface area contributed by atoms with Crippen LogP contribution < -0.4 is 10.5 Å². The molecule has 6 heteroatoms.